The Morgan fingerprint density at radius 2 is 1.62 bits per heavy atom. The molecular formula is C22H37N7O7S. The van der Waals surface area contributed by atoms with E-state index in [0.29, 0.717) is 30.8 Å². The smallest absolute Gasteiger partial charge is 0.326 e. The van der Waals surface area contributed by atoms with E-state index >= 15 is 0 Å². The maximum absolute atomic E-state index is 13.1. The summed E-state index contributed by atoms with van der Waals surface area (Å²) in [4.78, 5) is 67.8. The number of thioether (sulfide) groups is 1. The monoisotopic (exact) mass is 543 g/mol. The maximum Gasteiger partial charge on any atom is 0.326 e. The van der Waals surface area contributed by atoms with E-state index < -0.39 is 53.8 Å². The molecule has 10 N–H and O–H groups in total. The lowest BCUT2D eigenvalue weighted by atomic mass is 10.1. The topological polar surface area (TPSA) is 243 Å². The van der Waals surface area contributed by atoms with Gasteiger partial charge in [-0.2, -0.15) is 11.8 Å². The standard InChI is InChI=1S/C22H37N7O7S/c1-37-9-7-15(27-19(32)14(24)5-6-18(30)31)20(33)29-17(10-13-11-25-12-26-13)21(34)28-16(22(35)36)4-2-3-8-23/h11-12,14-17H,2-10,23-24H2,1H3,(H,25,26)(H,27,32)(H,28,34)(H,29,33)(H,30,31)(H,35,36). The van der Waals surface area contributed by atoms with Crippen molar-refractivity contribution in [3.05, 3.63) is 18.2 Å². The number of carbonyl (C=O) groups is 5. The summed E-state index contributed by atoms with van der Waals surface area (Å²) in [6.07, 6.45) is 5.76. The van der Waals surface area contributed by atoms with Gasteiger partial charge in [0, 0.05) is 24.7 Å². The van der Waals surface area contributed by atoms with Crippen LogP contribution in [-0.4, -0.2) is 92.6 Å². The summed E-state index contributed by atoms with van der Waals surface area (Å²) in [6.45, 7) is 0.391. The third-order valence-corrected chi connectivity index (χ3v) is 6.07. The second-order valence-corrected chi connectivity index (χ2v) is 9.39. The van der Waals surface area contributed by atoms with E-state index in [9.17, 15) is 29.1 Å². The second kappa shape index (κ2) is 17.3. The van der Waals surface area contributed by atoms with Gasteiger partial charge in [-0.15, -0.1) is 0 Å². The van der Waals surface area contributed by atoms with Gasteiger partial charge in [0.25, 0.3) is 0 Å². The van der Waals surface area contributed by atoms with E-state index in [0.717, 1.165) is 0 Å². The normalized spacial score (nSPS) is 14.1. The highest BCUT2D eigenvalue weighted by atomic mass is 32.2. The molecular weight excluding hydrogens is 506 g/mol. The van der Waals surface area contributed by atoms with Gasteiger partial charge in [-0.1, -0.05) is 0 Å². The first-order valence-electron chi connectivity index (χ1n) is 11.9. The van der Waals surface area contributed by atoms with Crippen molar-refractivity contribution in [2.45, 2.75) is 69.1 Å². The Morgan fingerprint density at radius 3 is 2.19 bits per heavy atom. The molecule has 0 radical (unpaired) electrons. The summed E-state index contributed by atoms with van der Waals surface area (Å²) in [5.74, 6) is -3.88. The molecule has 1 aromatic rings. The molecule has 208 valence electrons. The predicted molar refractivity (Wildman–Crippen MR) is 136 cm³/mol. The first-order valence-corrected chi connectivity index (χ1v) is 13.3. The van der Waals surface area contributed by atoms with Gasteiger partial charge >= 0.3 is 11.9 Å². The molecule has 3 amide bonds. The number of rotatable bonds is 19. The number of imidazole rings is 1. The summed E-state index contributed by atoms with van der Waals surface area (Å²) in [5, 5.41) is 25.9. The second-order valence-electron chi connectivity index (χ2n) is 8.41. The zero-order valence-corrected chi connectivity index (χ0v) is 21.6. The van der Waals surface area contributed by atoms with E-state index in [-0.39, 0.29) is 32.1 Å². The highest BCUT2D eigenvalue weighted by molar-refractivity contribution is 7.98. The lowest BCUT2D eigenvalue weighted by molar-refractivity contribution is -0.142. The Hall–Kier alpha value is -3.17. The maximum atomic E-state index is 13.1. The minimum Gasteiger partial charge on any atom is -0.481 e. The van der Waals surface area contributed by atoms with E-state index in [1.165, 1.54) is 24.3 Å². The van der Waals surface area contributed by atoms with Crippen molar-refractivity contribution in [1.29, 1.82) is 0 Å². The Morgan fingerprint density at radius 1 is 0.973 bits per heavy atom. The van der Waals surface area contributed by atoms with Crippen molar-refractivity contribution < 1.29 is 34.2 Å². The number of amides is 3. The van der Waals surface area contributed by atoms with Gasteiger partial charge < -0.3 is 42.6 Å². The molecule has 0 aliphatic carbocycles. The van der Waals surface area contributed by atoms with Gasteiger partial charge in [-0.3, -0.25) is 19.2 Å². The summed E-state index contributed by atoms with van der Waals surface area (Å²) in [6, 6.07) is -4.51. The summed E-state index contributed by atoms with van der Waals surface area (Å²) >= 11 is 1.44. The van der Waals surface area contributed by atoms with Crippen molar-refractivity contribution in [3.63, 3.8) is 0 Å². The quantitative estimate of drug-likeness (QED) is 0.0939. The minimum absolute atomic E-state index is 0.00592. The molecule has 0 bridgehead atoms. The number of carboxylic acid groups (broad SMARTS) is 2. The van der Waals surface area contributed by atoms with Gasteiger partial charge in [0.15, 0.2) is 0 Å². The van der Waals surface area contributed by atoms with E-state index in [1.54, 1.807) is 0 Å². The number of nitrogens with zero attached hydrogens (tertiary/aromatic N) is 1. The summed E-state index contributed by atoms with van der Waals surface area (Å²) in [7, 11) is 0. The Bertz CT molecular complexity index is 885. The number of carbonyl (C=O) groups excluding carboxylic acids is 3. The van der Waals surface area contributed by atoms with Gasteiger partial charge in [0.05, 0.1) is 12.4 Å². The first-order chi connectivity index (χ1) is 17.6. The molecule has 1 aromatic heterocycles. The number of hydrogen-bond acceptors (Lipinski definition) is 9. The van der Waals surface area contributed by atoms with Gasteiger partial charge in [-0.25, -0.2) is 9.78 Å². The van der Waals surface area contributed by atoms with Crippen LogP contribution in [0.4, 0.5) is 0 Å². The fourth-order valence-electron chi connectivity index (χ4n) is 3.31. The van der Waals surface area contributed by atoms with Crippen LogP contribution in [0.15, 0.2) is 12.5 Å². The highest BCUT2D eigenvalue weighted by Gasteiger charge is 2.30. The van der Waals surface area contributed by atoms with Crippen molar-refractivity contribution in [2.24, 2.45) is 11.5 Å². The first kappa shape index (κ1) is 31.9. The molecule has 4 atom stereocenters. The number of aromatic nitrogens is 2. The van der Waals surface area contributed by atoms with Crippen LogP contribution in [0.2, 0.25) is 0 Å². The lowest BCUT2D eigenvalue weighted by Crippen LogP contribution is -2.57. The van der Waals surface area contributed by atoms with Crippen LogP contribution in [0.25, 0.3) is 0 Å². The minimum atomic E-state index is -1.21. The highest BCUT2D eigenvalue weighted by Crippen LogP contribution is 2.07. The largest absolute Gasteiger partial charge is 0.481 e. The number of aromatic amines is 1. The van der Waals surface area contributed by atoms with Gasteiger partial charge in [0.2, 0.25) is 17.7 Å². The Balaban J connectivity index is 2.99. The zero-order valence-electron chi connectivity index (χ0n) is 20.8. The van der Waals surface area contributed by atoms with Gasteiger partial charge in [0.1, 0.15) is 18.1 Å². The van der Waals surface area contributed by atoms with Crippen LogP contribution in [0.1, 0.15) is 44.2 Å². The van der Waals surface area contributed by atoms with E-state index in [1.807, 2.05) is 6.26 Å². The van der Waals surface area contributed by atoms with E-state index in [4.69, 9.17) is 16.6 Å². The fourth-order valence-corrected chi connectivity index (χ4v) is 3.79. The molecule has 37 heavy (non-hydrogen) atoms. The number of hydrogen-bond donors (Lipinski definition) is 8. The number of nitrogens with one attached hydrogen (secondary N) is 4. The van der Waals surface area contributed by atoms with Crippen molar-refractivity contribution in [3.8, 4) is 0 Å². The number of aliphatic carboxylic acids is 2. The number of unbranched alkanes of at least 4 members (excludes halogenated alkanes) is 1. The molecule has 1 rings (SSSR count). The Kier molecular flexibility index (Phi) is 14.9. The van der Waals surface area contributed by atoms with Crippen LogP contribution in [-0.2, 0) is 30.4 Å². The molecule has 0 aliphatic rings. The van der Waals surface area contributed by atoms with Gasteiger partial charge in [-0.05, 0) is 50.7 Å². The molecule has 0 saturated carbocycles. The molecule has 0 fully saturated rings. The van der Waals surface area contributed by atoms with Crippen LogP contribution in [0, 0.1) is 0 Å². The molecule has 0 aromatic carbocycles. The third-order valence-electron chi connectivity index (χ3n) is 5.42. The predicted octanol–water partition coefficient (Wildman–Crippen LogP) is -1.43. The zero-order chi connectivity index (χ0) is 27.8. The number of H-pyrrole nitrogens is 1. The fraction of sp³-hybridized carbons (Fsp3) is 0.636. The molecule has 0 spiro atoms. The number of nitrogens with two attached hydrogens (primary N) is 2. The Labute approximate surface area is 219 Å². The summed E-state index contributed by atoms with van der Waals surface area (Å²) in [5.41, 5.74) is 11.7. The third kappa shape index (κ3) is 12.6. The van der Waals surface area contributed by atoms with Crippen molar-refractivity contribution in [1.82, 2.24) is 25.9 Å². The van der Waals surface area contributed by atoms with Crippen molar-refractivity contribution in [2.75, 3.05) is 18.6 Å². The molecule has 14 nitrogen and oxygen atoms in total. The molecule has 1 heterocycles. The van der Waals surface area contributed by atoms with Crippen molar-refractivity contribution >= 4 is 41.4 Å². The SMILES string of the molecule is CSCCC(NC(=O)C(N)CCC(=O)O)C(=O)NC(Cc1cnc[nH]1)C(=O)NC(CCCCN)C(=O)O. The lowest BCUT2D eigenvalue weighted by Gasteiger charge is -2.25. The van der Waals surface area contributed by atoms with E-state index in [2.05, 4.69) is 25.9 Å². The average molecular weight is 544 g/mol. The molecule has 0 aliphatic heterocycles. The van der Waals surface area contributed by atoms with Crippen LogP contribution < -0.4 is 27.4 Å². The molecule has 15 heteroatoms. The molecule has 0 saturated heterocycles. The number of carboxylic acids is 2. The molecule has 4 unspecified atom stereocenters. The summed E-state index contributed by atoms with van der Waals surface area (Å²) < 4.78 is 0. The average Bonchev–Trinajstić information content (AvgIpc) is 3.36. The van der Waals surface area contributed by atoms with Crippen LogP contribution in [0.5, 0.6) is 0 Å². The van der Waals surface area contributed by atoms with Crippen LogP contribution in [0.3, 0.4) is 0 Å². The van der Waals surface area contributed by atoms with Crippen LogP contribution >= 0.6 is 11.8 Å².